The van der Waals surface area contributed by atoms with Crippen LogP contribution in [-0.2, 0) is 0 Å². The van der Waals surface area contributed by atoms with Crippen LogP contribution in [0.1, 0.15) is 23.2 Å². The average Bonchev–Trinajstić information content (AvgIpc) is 3.06. The second-order valence-corrected chi connectivity index (χ2v) is 6.65. The van der Waals surface area contributed by atoms with E-state index in [0.717, 1.165) is 25.9 Å². The van der Waals surface area contributed by atoms with Gasteiger partial charge in [-0.2, -0.15) is 0 Å². The predicted molar refractivity (Wildman–Crippen MR) is 101 cm³/mol. The van der Waals surface area contributed by atoms with Crippen molar-refractivity contribution in [1.29, 1.82) is 0 Å². The summed E-state index contributed by atoms with van der Waals surface area (Å²) in [6.45, 7) is 6.22. The molecule has 2 rings (SSSR count). The Hall–Kier alpha value is -1.73. The number of amides is 1. The third kappa shape index (κ3) is 4.27. The van der Waals surface area contributed by atoms with Gasteiger partial charge in [0.1, 0.15) is 11.3 Å². The first-order valence-electron chi connectivity index (χ1n) is 8.18. The predicted octanol–water partition coefficient (Wildman–Crippen LogP) is 2.86. The molecule has 1 heterocycles. The molecule has 138 valence electrons. The topological polar surface area (TPSA) is 60.0 Å². The summed E-state index contributed by atoms with van der Waals surface area (Å²) >= 11 is 3.42. The minimum Gasteiger partial charge on any atom is -0.495 e. The summed E-state index contributed by atoms with van der Waals surface area (Å²) in [5.41, 5.74) is 0.324. The Kier molecular flexibility index (Phi) is 7.13. The molecule has 1 amide bonds. The maximum absolute atomic E-state index is 12.9. The second kappa shape index (κ2) is 9.10. The Labute approximate surface area is 157 Å². The molecule has 1 aliphatic rings. The highest BCUT2D eigenvalue weighted by Crippen LogP contribution is 2.42. The van der Waals surface area contributed by atoms with Crippen molar-refractivity contribution in [2.45, 2.75) is 18.9 Å². The zero-order valence-corrected chi connectivity index (χ0v) is 16.5. The van der Waals surface area contributed by atoms with E-state index in [9.17, 15) is 4.79 Å². The van der Waals surface area contributed by atoms with E-state index in [-0.39, 0.29) is 5.91 Å². The van der Waals surface area contributed by atoms with Crippen molar-refractivity contribution in [3.63, 3.8) is 0 Å². The molecule has 1 saturated heterocycles. The van der Waals surface area contributed by atoms with E-state index >= 15 is 0 Å². The lowest BCUT2D eigenvalue weighted by Gasteiger charge is -2.24. The van der Waals surface area contributed by atoms with Gasteiger partial charge in [-0.1, -0.05) is 6.08 Å². The Bertz CT molecular complexity index is 636. The summed E-state index contributed by atoms with van der Waals surface area (Å²) < 4.78 is 16.8. The number of methoxy groups -OCH3 is 3. The molecule has 6 nitrogen and oxygen atoms in total. The number of nitrogens with one attached hydrogen (secondary N) is 1. The van der Waals surface area contributed by atoms with Gasteiger partial charge in [0.2, 0.25) is 0 Å². The molecule has 1 N–H and O–H groups in total. The molecule has 1 fully saturated rings. The van der Waals surface area contributed by atoms with E-state index in [4.69, 9.17) is 14.2 Å². The number of rotatable bonds is 8. The van der Waals surface area contributed by atoms with E-state index in [1.807, 2.05) is 6.08 Å². The quantitative estimate of drug-likeness (QED) is 0.665. The lowest BCUT2D eigenvalue weighted by atomic mass is 10.1. The normalized spacial score (nSPS) is 17.2. The van der Waals surface area contributed by atoms with Crippen LogP contribution in [0.2, 0.25) is 0 Å². The number of likely N-dealkylation sites (tertiary alicyclic amines) is 1. The summed E-state index contributed by atoms with van der Waals surface area (Å²) in [5.74, 6) is 0.993. The molecule has 1 aromatic carbocycles. The van der Waals surface area contributed by atoms with E-state index in [0.29, 0.717) is 39.9 Å². The van der Waals surface area contributed by atoms with Crippen LogP contribution in [0, 0.1) is 0 Å². The fourth-order valence-corrected chi connectivity index (χ4v) is 3.75. The van der Waals surface area contributed by atoms with Crippen molar-refractivity contribution >= 4 is 21.8 Å². The summed E-state index contributed by atoms with van der Waals surface area (Å²) in [5, 5.41) is 3.01. The third-order valence-corrected chi connectivity index (χ3v) is 4.96. The zero-order valence-electron chi connectivity index (χ0n) is 14.9. The number of benzene rings is 1. The fourth-order valence-electron chi connectivity index (χ4n) is 3.18. The minimum absolute atomic E-state index is 0.251. The summed E-state index contributed by atoms with van der Waals surface area (Å²) in [4.78, 5) is 15.2. The highest BCUT2D eigenvalue weighted by Gasteiger charge is 2.28. The van der Waals surface area contributed by atoms with Crippen molar-refractivity contribution in [2.24, 2.45) is 0 Å². The zero-order chi connectivity index (χ0) is 18.4. The molecule has 0 radical (unpaired) electrons. The number of ether oxygens (including phenoxy) is 3. The first-order chi connectivity index (χ1) is 12.1. The molecule has 1 aliphatic heterocycles. The number of carbonyl (C=O) groups excluding carboxylic acids is 1. The minimum atomic E-state index is -0.251. The molecule has 1 atom stereocenters. The monoisotopic (exact) mass is 412 g/mol. The van der Waals surface area contributed by atoms with E-state index in [1.54, 1.807) is 6.07 Å². The van der Waals surface area contributed by atoms with Crippen molar-refractivity contribution in [1.82, 2.24) is 10.2 Å². The van der Waals surface area contributed by atoms with Crippen molar-refractivity contribution in [3.05, 3.63) is 28.8 Å². The summed E-state index contributed by atoms with van der Waals surface area (Å²) in [6.07, 6.45) is 4.08. The maximum Gasteiger partial charge on any atom is 0.259 e. The van der Waals surface area contributed by atoms with Gasteiger partial charge in [0.05, 0.1) is 25.8 Å². The largest absolute Gasteiger partial charge is 0.495 e. The maximum atomic E-state index is 12.9. The van der Waals surface area contributed by atoms with Crippen LogP contribution in [-0.4, -0.2) is 57.8 Å². The van der Waals surface area contributed by atoms with Gasteiger partial charge < -0.3 is 19.5 Å². The Morgan fingerprint density at radius 3 is 2.68 bits per heavy atom. The Morgan fingerprint density at radius 2 is 2.08 bits per heavy atom. The number of halogens is 1. The fraction of sp³-hybridized carbons (Fsp3) is 0.500. The molecule has 0 aromatic heterocycles. The van der Waals surface area contributed by atoms with Gasteiger partial charge in [-0.05, 0) is 35.3 Å². The van der Waals surface area contributed by atoms with Crippen LogP contribution >= 0.6 is 15.9 Å². The molecule has 1 unspecified atom stereocenters. The van der Waals surface area contributed by atoms with Gasteiger partial charge in [0, 0.05) is 25.2 Å². The van der Waals surface area contributed by atoms with Gasteiger partial charge in [0.25, 0.3) is 5.91 Å². The smallest absolute Gasteiger partial charge is 0.259 e. The van der Waals surface area contributed by atoms with E-state index in [1.165, 1.54) is 21.3 Å². The first kappa shape index (κ1) is 19.6. The van der Waals surface area contributed by atoms with Crippen LogP contribution in [0.15, 0.2) is 23.2 Å². The highest BCUT2D eigenvalue weighted by atomic mass is 79.9. The van der Waals surface area contributed by atoms with E-state index in [2.05, 4.69) is 32.7 Å². The van der Waals surface area contributed by atoms with Gasteiger partial charge in [-0.3, -0.25) is 9.69 Å². The number of nitrogens with zero attached hydrogens (tertiary/aromatic N) is 1. The Morgan fingerprint density at radius 1 is 1.36 bits per heavy atom. The van der Waals surface area contributed by atoms with Gasteiger partial charge >= 0.3 is 0 Å². The lowest BCUT2D eigenvalue weighted by Crippen LogP contribution is -2.40. The standard InChI is InChI=1S/C18H25BrN2O4/c1-5-8-21-9-6-7-12(21)11-20-18(22)15-16(24-3)13(19)10-14(23-2)17(15)25-4/h5,10,12H,1,6-9,11H2,2-4H3,(H,20,22). The number of hydrogen-bond donors (Lipinski definition) is 1. The van der Waals surface area contributed by atoms with Gasteiger partial charge in [-0.25, -0.2) is 0 Å². The number of carbonyl (C=O) groups is 1. The van der Waals surface area contributed by atoms with Crippen LogP contribution in [0.25, 0.3) is 0 Å². The average molecular weight is 413 g/mol. The van der Waals surface area contributed by atoms with Gasteiger partial charge in [0.15, 0.2) is 11.5 Å². The van der Waals surface area contributed by atoms with Crippen LogP contribution in [0.5, 0.6) is 17.2 Å². The molecular formula is C18H25BrN2O4. The second-order valence-electron chi connectivity index (χ2n) is 5.79. The molecule has 0 aliphatic carbocycles. The Balaban J connectivity index is 2.23. The molecule has 0 saturated carbocycles. The summed E-state index contributed by atoms with van der Waals surface area (Å²) in [7, 11) is 4.56. The van der Waals surface area contributed by atoms with Crippen molar-refractivity contribution < 1.29 is 19.0 Å². The van der Waals surface area contributed by atoms with E-state index < -0.39 is 0 Å². The molecule has 0 bridgehead atoms. The van der Waals surface area contributed by atoms with Crippen LogP contribution < -0.4 is 19.5 Å². The highest BCUT2D eigenvalue weighted by molar-refractivity contribution is 9.10. The molecule has 1 aromatic rings. The van der Waals surface area contributed by atoms with Crippen molar-refractivity contribution in [2.75, 3.05) is 41.0 Å². The van der Waals surface area contributed by atoms with Crippen LogP contribution in [0.3, 0.4) is 0 Å². The van der Waals surface area contributed by atoms with Crippen molar-refractivity contribution in [3.8, 4) is 17.2 Å². The first-order valence-corrected chi connectivity index (χ1v) is 8.98. The number of hydrogen-bond acceptors (Lipinski definition) is 5. The van der Waals surface area contributed by atoms with Gasteiger partial charge in [-0.15, -0.1) is 6.58 Å². The SMILES string of the molecule is C=CCN1CCCC1CNC(=O)c1c(OC)c(Br)cc(OC)c1OC. The molecular weight excluding hydrogens is 388 g/mol. The molecule has 7 heteroatoms. The lowest BCUT2D eigenvalue weighted by molar-refractivity contribution is 0.0935. The van der Waals surface area contributed by atoms with Crippen LogP contribution in [0.4, 0.5) is 0 Å². The molecule has 25 heavy (non-hydrogen) atoms. The summed E-state index contributed by atoms with van der Waals surface area (Å²) in [6, 6.07) is 2.03. The third-order valence-electron chi connectivity index (χ3n) is 4.37. The molecule has 0 spiro atoms.